The summed E-state index contributed by atoms with van der Waals surface area (Å²) in [5, 5.41) is 0. The number of anilines is 2. The highest BCUT2D eigenvalue weighted by molar-refractivity contribution is 5.84. The minimum atomic E-state index is 0.287. The van der Waals surface area contributed by atoms with Crippen LogP contribution in [0.4, 0.5) is 11.8 Å². The van der Waals surface area contributed by atoms with Crippen LogP contribution >= 0.6 is 0 Å². The summed E-state index contributed by atoms with van der Waals surface area (Å²) in [6.07, 6.45) is 3.95. The molecule has 1 fully saturated rings. The van der Waals surface area contributed by atoms with Crippen LogP contribution in [0.3, 0.4) is 0 Å². The molecule has 0 bridgehead atoms. The van der Waals surface area contributed by atoms with E-state index in [2.05, 4.69) is 38.7 Å². The van der Waals surface area contributed by atoms with Gasteiger partial charge in [-0.15, -0.1) is 0 Å². The first-order valence-corrected chi connectivity index (χ1v) is 6.27. The highest BCUT2D eigenvalue weighted by Crippen LogP contribution is 2.33. The Bertz CT molecular complexity index is 563. The van der Waals surface area contributed by atoms with Crippen LogP contribution in [-0.2, 0) is 0 Å². The third kappa shape index (κ3) is 1.87. The maximum absolute atomic E-state index is 5.74. The van der Waals surface area contributed by atoms with Gasteiger partial charge < -0.3 is 15.6 Å². The molecule has 1 aliphatic rings. The van der Waals surface area contributed by atoms with Crippen molar-refractivity contribution in [3.63, 3.8) is 0 Å². The van der Waals surface area contributed by atoms with Crippen LogP contribution in [0.15, 0.2) is 6.33 Å². The molecule has 1 saturated heterocycles. The molecule has 2 aromatic heterocycles. The van der Waals surface area contributed by atoms with Gasteiger partial charge in [-0.25, -0.2) is 4.98 Å². The molecule has 2 aromatic rings. The molecular formula is C12H18N6. The molecule has 3 N–H and O–H groups in total. The molecule has 0 saturated carbocycles. The van der Waals surface area contributed by atoms with Gasteiger partial charge >= 0.3 is 0 Å². The van der Waals surface area contributed by atoms with Crippen molar-refractivity contribution in [2.75, 3.05) is 23.7 Å². The van der Waals surface area contributed by atoms with Crippen LogP contribution in [0.5, 0.6) is 0 Å². The lowest BCUT2D eigenvalue weighted by Gasteiger charge is -2.37. The van der Waals surface area contributed by atoms with Crippen molar-refractivity contribution >= 4 is 22.9 Å². The molecule has 6 heteroatoms. The van der Waals surface area contributed by atoms with E-state index in [0.717, 1.165) is 37.3 Å². The van der Waals surface area contributed by atoms with Crippen LogP contribution in [-0.4, -0.2) is 33.0 Å². The zero-order chi connectivity index (χ0) is 12.8. The number of aromatic nitrogens is 4. The Kier molecular flexibility index (Phi) is 2.39. The Morgan fingerprint density at radius 1 is 1.28 bits per heavy atom. The molecular weight excluding hydrogens is 228 g/mol. The summed E-state index contributed by atoms with van der Waals surface area (Å²) in [5.74, 6) is 1.17. The second-order valence-electron chi connectivity index (χ2n) is 5.66. The number of imidazole rings is 1. The van der Waals surface area contributed by atoms with E-state index in [4.69, 9.17) is 5.73 Å². The first kappa shape index (κ1) is 11.3. The van der Waals surface area contributed by atoms with Crippen molar-refractivity contribution in [2.45, 2.75) is 26.7 Å². The number of rotatable bonds is 1. The second kappa shape index (κ2) is 3.83. The molecule has 0 unspecified atom stereocenters. The number of nitrogen functional groups attached to an aromatic ring is 1. The summed E-state index contributed by atoms with van der Waals surface area (Å²) in [5.41, 5.74) is 7.68. The average Bonchev–Trinajstić information content (AvgIpc) is 2.76. The third-order valence-electron chi connectivity index (χ3n) is 3.70. The fourth-order valence-electron chi connectivity index (χ4n) is 2.39. The first-order valence-electron chi connectivity index (χ1n) is 6.27. The van der Waals surface area contributed by atoms with E-state index >= 15 is 0 Å². The van der Waals surface area contributed by atoms with Crippen LogP contribution in [0.1, 0.15) is 26.7 Å². The molecule has 3 heterocycles. The van der Waals surface area contributed by atoms with E-state index in [0.29, 0.717) is 11.1 Å². The number of nitrogens with two attached hydrogens (primary N) is 1. The fraction of sp³-hybridized carbons (Fsp3) is 0.583. The highest BCUT2D eigenvalue weighted by atomic mass is 15.2. The Morgan fingerprint density at radius 2 is 2.00 bits per heavy atom. The maximum Gasteiger partial charge on any atom is 0.224 e. The number of nitrogens with zero attached hydrogens (tertiary/aromatic N) is 4. The number of nitrogens with one attached hydrogen (secondary N) is 1. The smallest absolute Gasteiger partial charge is 0.224 e. The maximum atomic E-state index is 5.74. The van der Waals surface area contributed by atoms with Crippen LogP contribution in [0.25, 0.3) is 11.2 Å². The SMILES string of the molecule is CC1(C)CCN(c2nc(N)nc3nc[nH]c23)CC1. The summed E-state index contributed by atoms with van der Waals surface area (Å²) in [6, 6.07) is 0. The van der Waals surface area contributed by atoms with E-state index in [1.54, 1.807) is 6.33 Å². The van der Waals surface area contributed by atoms with Gasteiger partial charge in [0.05, 0.1) is 6.33 Å². The lowest BCUT2D eigenvalue weighted by molar-refractivity contribution is 0.279. The zero-order valence-electron chi connectivity index (χ0n) is 10.8. The largest absolute Gasteiger partial charge is 0.368 e. The molecule has 96 valence electrons. The molecule has 0 aliphatic carbocycles. The lowest BCUT2D eigenvalue weighted by Crippen LogP contribution is -2.38. The molecule has 0 radical (unpaired) electrons. The molecule has 0 spiro atoms. The quantitative estimate of drug-likeness (QED) is 0.797. The van der Waals surface area contributed by atoms with Crippen LogP contribution in [0, 0.1) is 5.41 Å². The minimum absolute atomic E-state index is 0.287. The van der Waals surface area contributed by atoms with Crippen molar-refractivity contribution in [1.82, 2.24) is 19.9 Å². The average molecular weight is 246 g/mol. The van der Waals surface area contributed by atoms with Crippen LogP contribution in [0.2, 0.25) is 0 Å². The van der Waals surface area contributed by atoms with Gasteiger partial charge in [-0.3, -0.25) is 0 Å². The van der Waals surface area contributed by atoms with E-state index < -0.39 is 0 Å². The summed E-state index contributed by atoms with van der Waals surface area (Å²) < 4.78 is 0. The predicted octanol–water partition coefficient (Wildman–Crippen LogP) is 1.56. The molecule has 0 amide bonds. The first-order chi connectivity index (χ1) is 8.55. The van der Waals surface area contributed by atoms with Crippen molar-refractivity contribution in [1.29, 1.82) is 0 Å². The Balaban J connectivity index is 1.97. The Morgan fingerprint density at radius 3 is 2.72 bits per heavy atom. The molecule has 0 atom stereocenters. The zero-order valence-corrected chi connectivity index (χ0v) is 10.8. The second-order valence-corrected chi connectivity index (χ2v) is 5.66. The number of fused-ring (bicyclic) bond motifs is 1. The van der Waals surface area contributed by atoms with Crippen molar-refractivity contribution in [3.05, 3.63) is 6.33 Å². The van der Waals surface area contributed by atoms with E-state index in [1.165, 1.54) is 0 Å². The van der Waals surface area contributed by atoms with Crippen molar-refractivity contribution < 1.29 is 0 Å². The van der Waals surface area contributed by atoms with Crippen LogP contribution < -0.4 is 10.6 Å². The van der Waals surface area contributed by atoms with Gasteiger partial charge in [0.25, 0.3) is 0 Å². The molecule has 6 nitrogen and oxygen atoms in total. The van der Waals surface area contributed by atoms with E-state index in [9.17, 15) is 0 Å². The monoisotopic (exact) mass is 246 g/mol. The summed E-state index contributed by atoms with van der Waals surface area (Å²) in [6.45, 7) is 6.62. The standard InChI is InChI=1S/C12H18N6/c1-12(2)3-5-18(6-4-12)10-8-9(15-7-14-8)16-11(13)17-10/h7H,3-6H2,1-2H3,(H3,13,14,15,16,17). The van der Waals surface area contributed by atoms with E-state index in [1.807, 2.05) is 0 Å². The highest BCUT2D eigenvalue weighted by Gasteiger charge is 2.27. The number of aromatic amines is 1. The van der Waals surface area contributed by atoms with Crippen molar-refractivity contribution in [3.8, 4) is 0 Å². The predicted molar refractivity (Wildman–Crippen MR) is 71.3 cm³/mol. The molecule has 3 rings (SSSR count). The lowest BCUT2D eigenvalue weighted by atomic mass is 9.83. The minimum Gasteiger partial charge on any atom is -0.368 e. The Labute approximate surface area is 106 Å². The van der Waals surface area contributed by atoms with Gasteiger partial charge in [-0.05, 0) is 18.3 Å². The number of H-pyrrole nitrogens is 1. The Hall–Kier alpha value is -1.85. The van der Waals surface area contributed by atoms with Gasteiger partial charge in [0.1, 0.15) is 5.52 Å². The number of hydrogen-bond acceptors (Lipinski definition) is 5. The number of hydrogen-bond donors (Lipinski definition) is 2. The molecule has 18 heavy (non-hydrogen) atoms. The van der Waals surface area contributed by atoms with E-state index in [-0.39, 0.29) is 5.95 Å². The summed E-state index contributed by atoms with van der Waals surface area (Å²) in [7, 11) is 0. The van der Waals surface area contributed by atoms with Gasteiger partial charge in [-0.2, -0.15) is 9.97 Å². The molecule has 1 aliphatic heterocycles. The summed E-state index contributed by atoms with van der Waals surface area (Å²) >= 11 is 0. The van der Waals surface area contributed by atoms with Gasteiger partial charge in [-0.1, -0.05) is 13.8 Å². The fourth-order valence-corrected chi connectivity index (χ4v) is 2.39. The van der Waals surface area contributed by atoms with Gasteiger partial charge in [0, 0.05) is 13.1 Å². The third-order valence-corrected chi connectivity index (χ3v) is 3.70. The normalized spacial score (nSPS) is 19.3. The number of piperidine rings is 1. The summed E-state index contributed by atoms with van der Waals surface area (Å²) in [4.78, 5) is 18.0. The van der Waals surface area contributed by atoms with Gasteiger partial charge in [0.2, 0.25) is 5.95 Å². The topological polar surface area (TPSA) is 83.7 Å². The van der Waals surface area contributed by atoms with Gasteiger partial charge in [0.15, 0.2) is 11.5 Å². The van der Waals surface area contributed by atoms with Crippen molar-refractivity contribution in [2.24, 2.45) is 5.41 Å². The molecule has 0 aromatic carbocycles.